The van der Waals surface area contributed by atoms with Gasteiger partial charge >= 0.3 is 17.5 Å². The average Bonchev–Trinajstić information content (AvgIpc) is 2.35. The number of alkyl halides is 3. The molecule has 0 heterocycles. The van der Waals surface area contributed by atoms with Gasteiger partial charge in [-0.05, 0) is 30.0 Å². The Morgan fingerprint density at radius 1 is 1.33 bits per heavy atom. The lowest BCUT2D eigenvalue weighted by atomic mass is 10.2. The Morgan fingerprint density at radius 3 is 2.57 bits per heavy atom. The molecule has 0 saturated carbocycles. The number of carboxylic acid groups (broad SMARTS) is 1. The molecule has 0 aliphatic rings. The molecule has 3 N–H and O–H groups in total. The van der Waals surface area contributed by atoms with Crippen molar-refractivity contribution in [3.63, 3.8) is 0 Å². The maximum Gasteiger partial charge on any atom is 0.441 e. The van der Waals surface area contributed by atoms with E-state index in [1.54, 1.807) is 0 Å². The normalized spacial score (nSPS) is 11.0. The monoisotopic (exact) mass is 342 g/mol. The van der Waals surface area contributed by atoms with Gasteiger partial charge in [0.05, 0.1) is 11.3 Å². The molecule has 0 aliphatic heterocycles. The van der Waals surface area contributed by atoms with Crippen molar-refractivity contribution >= 4 is 41.1 Å². The van der Waals surface area contributed by atoms with Gasteiger partial charge in [0, 0.05) is 17.3 Å². The van der Waals surface area contributed by atoms with Crippen LogP contribution in [0.3, 0.4) is 0 Å². The van der Waals surface area contributed by atoms with Crippen molar-refractivity contribution in [3.05, 3.63) is 28.8 Å². The highest BCUT2D eigenvalue weighted by Crippen LogP contribution is 2.29. The molecule has 0 aliphatic carbocycles. The Balaban J connectivity index is 2.54. The number of halogens is 4. The number of aromatic carboxylic acids is 1. The van der Waals surface area contributed by atoms with Crippen molar-refractivity contribution in [2.45, 2.75) is 5.51 Å². The molecule has 0 aromatic heterocycles. The number of rotatable bonds is 5. The minimum atomic E-state index is -4.36. The van der Waals surface area contributed by atoms with Crippen LogP contribution in [-0.2, 0) is 0 Å². The Kier molecular flexibility index (Phi) is 6.16. The van der Waals surface area contributed by atoms with Gasteiger partial charge in [-0.1, -0.05) is 11.6 Å². The predicted octanol–water partition coefficient (Wildman–Crippen LogP) is 3.41. The van der Waals surface area contributed by atoms with E-state index >= 15 is 0 Å². The van der Waals surface area contributed by atoms with Gasteiger partial charge in [0.15, 0.2) is 0 Å². The summed E-state index contributed by atoms with van der Waals surface area (Å²) in [6.45, 7) is -0.216. The second-order valence-electron chi connectivity index (χ2n) is 3.67. The largest absolute Gasteiger partial charge is 0.478 e. The Bertz CT molecular complexity index is 540. The Morgan fingerprint density at radius 2 is 2.00 bits per heavy atom. The average molecular weight is 343 g/mol. The minimum absolute atomic E-state index is 0.00660. The summed E-state index contributed by atoms with van der Waals surface area (Å²) in [6.07, 6.45) is 0. The van der Waals surface area contributed by atoms with Crippen LogP contribution in [0.5, 0.6) is 0 Å². The van der Waals surface area contributed by atoms with E-state index in [0.717, 1.165) is 6.07 Å². The van der Waals surface area contributed by atoms with Crippen molar-refractivity contribution in [1.82, 2.24) is 5.32 Å². The molecule has 5 nitrogen and oxygen atoms in total. The van der Waals surface area contributed by atoms with Crippen LogP contribution in [0.2, 0.25) is 5.02 Å². The van der Waals surface area contributed by atoms with E-state index in [0.29, 0.717) is 0 Å². The van der Waals surface area contributed by atoms with Crippen LogP contribution in [0.15, 0.2) is 18.2 Å². The van der Waals surface area contributed by atoms with E-state index in [2.05, 4.69) is 10.6 Å². The highest BCUT2D eigenvalue weighted by molar-refractivity contribution is 8.00. The van der Waals surface area contributed by atoms with Gasteiger partial charge in [0.25, 0.3) is 0 Å². The van der Waals surface area contributed by atoms with Crippen LogP contribution in [0.25, 0.3) is 0 Å². The first kappa shape index (κ1) is 17.4. The van der Waals surface area contributed by atoms with Crippen molar-refractivity contribution in [3.8, 4) is 0 Å². The van der Waals surface area contributed by atoms with Crippen LogP contribution < -0.4 is 10.6 Å². The molecule has 10 heteroatoms. The summed E-state index contributed by atoms with van der Waals surface area (Å²) in [7, 11) is 0. The van der Waals surface area contributed by atoms with E-state index in [1.807, 2.05) is 0 Å². The molecule has 0 atom stereocenters. The number of nitrogens with one attached hydrogen (secondary N) is 2. The molecule has 116 valence electrons. The molecule has 0 spiro atoms. The fourth-order valence-corrected chi connectivity index (χ4v) is 1.91. The fourth-order valence-electron chi connectivity index (χ4n) is 1.30. The van der Waals surface area contributed by atoms with E-state index in [1.165, 1.54) is 12.1 Å². The third-order valence-electron chi connectivity index (χ3n) is 2.11. The number of urea groups is 1. The van der Waals surface area contributed by atoms with Crippen molar-refractivity contribution in [2.75, 3.05) is 17.6 Å². The SMILES string of the molecule is O=C(NCCSC(F)(F)F)Nc1ccc(Cl)cc1C(=O)O. The lowest BCUT2D eigenvalue weighted by molar-refractivity contribution is -0.0327. The van der Waals surface area contributed by atoms with Crippen molar-refractivity contribution in [2.24, 2.45) is 0 Å². The van der Waals surface area contributed by atoms with Gasteiger partial charge < -0.3 is 15.7 Å². The lowest BCUT2D eigenvalue weighted by Gasteiger charge is -2.10. The molecular weight excluding hydrogens is 333 g/mol. The Labute approximate surface area is 126 Å². The Hall–Kier alpha value is -1.61. The first-order valence-electron chi connectivity index (χ1n) is 5.47. The van der Waals surface area contributed by atoms with E-state index in [-0.39, 0.29) is 40.3 Å². The topological polar surface area (TPSA) is 78.4 Å². The summed E-state index contributed by atoms with van der Waals surface area (Å²) in [5.74, 6) is -1.64. The molecule has 0 unspecified atom stereocenters. The van der Waals surface area contributed by atoms with Gasteiger partial charge in [0.2, 0.25) is 0 Å². The maximum absolute atomic E-state index is 11.9. The summed E-state index contributed by atoms with van der Waals surface area (Å²) in [4.78, 5) is 22.4. The zero-order valence-electron chi connectivity index (χ0n) is 10.3. The van der Waals surface area contributed by atoms with Crippen LogP contribution >= 0.6 is 23.4 Å². The number of amides is 2. The number of carboxylic acids is 1. The number of benzene rings is 1. The number of carbonyl (C=O) groups excluding carboxylic acids is 1. The summed E-state index contributed by atoms with van der Waals surface area (Å²) in [5, 5.41) is 13.6. The van der Waals surface area contributed by atoms with E-state index < -0.39 is 17.5 Å². The standard InChI is InChI=1S/C11H10ClF3N2O3S/c12-6-1-2-8(7(5-6)9(18)19)17-10(20)16-3-4-21-11(13,14)15/h1-2,5H,3-4H2,(H,18,19)(H2,16,17,20). The molecule has 0 bridgehead atoms. The molecule has 0 radical (unpaired) electrons. The van der Waals surface area contributed by atoms with Crippen LogP contribution in [-0.4, -0.2) is 34.9 Å². The smallest absolute Gasteiger partial charge is 0.441 e. The van der Waals surface area contributed by atoms with Crippen LogP contribution in [0.4, 0.5) is 23.7 Å². The fraction of sp³-hybridized carbons (Fsp3) is 0.273. The molecule has 1 aromatic carbocycles. The molecule has 0 fully saturated rings. The maximum atomic E-state index is 11.9. The second kappa shape index (κ2) is 7.41. The first-order chi connectivity index (χ1) is 9.69. The number of hydrogen-bond donors (Lipinski definition) is 3. The molecular formula is C11H10ClF3N2O3S. The number of thioether (sulfide) groups is 1. The van der Waals surface area contributed by atoms with Crippen molar-refractivity contribution in [1.29, 1.82) is 0 Å². The van der Waals surface area contributed by atoms with Gasteiger partial charge in [-0.2, -0.15) is 13.2 Å². The zero-order valence-corrected chi connectivity index (χ0v) is 11.9. The molecule has 1 rings (SSSR count). The molecule has 2 amide bonds. The number of anilines is 1. The summed E-state index contributed by atoms with van der Waals surface area (Å²) in [5.41, 5.74) is -4.58. The molecule has 0 saturated heterocycles. The third kappa shape index (κ3) is 6.58. The van der Waals surface area contributed by atoms with Gasteiger partial charge in [-0.3, -0.25) is 0 Å². The van der Waals surface area contributed by atoms with Crippen molar-refractivity contribution < 1.29 is 27.9 Å². The highest BCUT2D eigenvalue weighted by atomic mass is 35.5. The highest BCUT2D eigenvalue weighted by Gasteiger charge is 2.27. The number of hydrogen-bond acceptors (Lipinski definition) is 3. The van der Waals surface area contributed by atoms with Gasteiger partial charge in [-0.25, -0.2) is 9.59 Å². The summed E-state index contributed by atoms with van der Waals surface area (Å²) >= 11 is 5.38. The number of carbonyl (C=O) groups is 2. The van der Waals surface area contributed by atoms with E-state index in [9.17, 15) is 22.8 Å². The quantitative estimate of drug-likeness (QED) is 0.716. The van der Waals surface area contributed by atoms with Gasteiger partial charge in [0.1, 0.15) is 0 Å². The summed E-state index contributed by atoms with van der Waals surface area (Å²) < 4.78 is 35.6. The van der Waals surface area contributed by atoms with E-state index in [4.69, 9.17) is 16.7 Å². The van der Waals surface area contributed by atoms with Gasteiger partial charge in [-0.15, -0.1) is 0 Å². The minimum Gasteiger partial charge on any atom is -0.478 e. The van der Waals surface area contributed by atoms with Crippen LogP contribution in [0, 0.1) is 0 Å². The predicted molar refractivity (Wildman–Crippen MR) is 73.9 cm³/mol. The molecule has 1 aromatic rings. The first-order valence-corrected chi connectivity index (χ1v) is 6.84. The second-order valence-corrected chi connectivity index (χ2v) is 5.27. The molecule has 21 heavy (non-hydrogen) atoms. The summed E-state index contributed by atoms with van der Waals surface area (Å²) in [6, 6.07) is 3.01. The lowest BCUT2D eigenvalue weighted by Crippen LogP contribution is -2.31. The third-order valence-corrected chi connectivity index (χ3v) is 3.08. The van der Waals surface area contributed by atoms with Crippen LogP contribution in [0.1, 0.15) is 10.4 Å². The zero-order chi connectivity index (χ0) is 16.0.